The zero-order valence-corrected chi connectivity index (χ0v) is 14.3. The van der Waals surface area contributed by atoms with E-state index < -0.39 is 0 Å². The number of hydrogen-bond acceptors (Lipinski definition) is 2. The first kappa shape index (κ1) is 15.9. The molecule has 1 unspecified atom stereocenters. The maximum Gasteiger partial charge on any atom is 0.119 e. The molecule has 1 heterocycles. The minimum Gasteiger partial charge on any atom is -0.489 e. The largest absolute Gasteiger partial charge is 0.489 e. The Hall–Kier alpha value is -2.58. The highest BCUT2D eigenvalue weighted by Crippen LogP contribution is 2.26. The summed E-state index contributed by atoms with van der Waals surface area (Å²) < 4.78 is 5.88. The predicted octanol–water partition coefficient (Wildman–Crippen LogP) is 4.70. The van der Waals surface area contributed by atoms with Crippen LogP contribution in [0.4, 0.5) is 0 Å². The Kier molecular flexibility index (Phi) is 4.80. The van der Waals surface area contributed by atoms with E-state index in [9.17, 15) is 0 Å². The van der Waals surface area contributed by atoms with E-state index in [-0.39, 0.29) is 0 Å². The van der Waals surface area contributed by atoms with E-state index in [4.69, 9.17) is 4.74 Å². The number of benzene rings is 3. The van der Waals surface area contributed by atoms with Crippen molar-refractivity contribution in [2.45, 2.75) is 25.5 Å². The molecule has 1 aliphatic heterocycles. The molecule has 25 heavy (non-hydrogen) atoms. The van der Waals surface area contributed by atoms with Gasteiger partial charge in [0.2, 0.25) is 0 Å². The number of nitrogens with one attached hydrogen (secondary N) is 1. The highest BCUT2D eigenvalue weighted by Gasteiger charge is 2.19. The SMILES string of the molecule is c1ccc(COc2ccc(CC3NCCc4ccccc43)cc2)cc1. The summed E-state index contributed by atoms with van der Waals surface area (Å²) in [6.45, 7) is 1.66. The Labute approximate surface area is 149 Å². The molecule has 0 fully saturated rings. The quantitative estimate of drug-likeness (QED) is 0.733. The van der Waals surface area contributed by atoms with Crippen molar-refractivity contribution in [3.8, 4) is 5.75 Å². The van der Waals surface area contributed by atoms with Crippen molar-refractivity contribution >= 4 is 0 Å². The second kappa shape index (κ2) is 7.54. The van der Waals surface area contributed by atoms with Gasteiger partial charge in [0, 0.05) is 6.04 Å². The summed E-state index contributed by atoms with van der Waals surface area (Å²) in [5, 5.41) is 3.65. The van der Waals surface area contributed by atoms with Gasteiger partial charge in [-0.15, -0.1) is 0 Å². The molecule has 0 radical (unpaired) electrons. The standard InChI is InChI=1S/C23H23NO/c1-2-6-19(7-3-1)17-25-21-12-10-18(11-13-21)16-23-22-9-5-4-8-20(22)14-15-24-23/h1-13,23-24H,14-17H2. The van der Waals surface area contributed by atoms with Crippen LogP contribution in [-0.2, 0) is 19.4 Å². The summed E-state index contributed by atoms with van der Waals surface area (Å²) in [7, 11) is 0. The highest BCUT2D eigenvalue weighted by molar-refractivity contribution is 5.35. The van der Waals surface area contributed by atoms with Crippen LogP contribution in [0.5, 0.6) is 5.75 Å². The van der Waals surface area contributed by atoms with Gasteiger partial charge in [-0.2, -0.15) is 0 Å². The van der Waals surface area contributed by atoms with Gasteiger partial charge in [-0.3, -0.25) is 0 Å². The first-order valence-electron chi connectivity index (χ1n) is 8.95. The molecule has 3 aromatic rings. The fourth-order valence-electron chi connectivity index (χ4n) is 3.47. The number of ether oxygens (including phenoxy) is 1. The van der Waals surface area contributed by atoms with Crippen LogP contribution in [0, 0.1) is 0 Å². The molecule has 0 aliphatic carbocycles. The van der Waals surface area contributed by atoms with Crippen molar-refractivity contribution in [3.05, 3.63) is 101 Å². The third kappa shape index (κ3) is 3.92. The van der Waals surface area contributed by atoms with Gasteiger partial charge >= 0.3 is 0 Å². The molecule has 2 heteroatoms. The zero-order valence-electron chi connectivity index (χ0n) is 14.3. The second-order valence-corrected chi connectivity index (χ2v) is 6.58. The summed E-state index contributed by atoms with van der Waals surface area (Å²) in [5.41, 5.74) is 5.45. The summed E-state index contributed by atoms with van der Waals surface area (Å²) in [4.78, 5) is 0. The fraction of sp³-hybridized carbons (Fsp3) is 0.217. The number of hydrogen-bond donors (Lipinski definition) is 1. The third-order valence-corrected chi connectivity index (χ3v) is 4.83. The average Bonchev–Trinajstić information content (AvgIpc) is 2.69. The lowest BCUT2D eigenvalue weighted by molar-refractivity contribution is 0.306. The van der Waals surface area contributed by atoms with E-state index >= 15 is 0 Å². The molecule has 0 spiro atoms. The van der Waals surface area contributed by atoms with Crippen LogP contribution in [0.1, 0.15) is 28.3 Å². The Balaban J connectivity index is 1.40. The van der Waals surface area contributed by atoms with E-state index in [0.29, 0.717) is 12.6 Å². The second-order valence-electron chi connectivity index (χ2n) is 6.58. The van der Waals surface area contributed by atoms with E-state index in [1.807, 2.05) is 18.2 Å². The van der Waals surface area contributed by atoms with Crippen molar-refractivity contribution < 1.29 is 4.74 Å². The smallest absolute Gasteiger partial charge is 0.119 e. The summed E-state index contributed by atoms with van der Waals surface area (Å²) in [6, 6.07) is 28.0. The van der Waals surface area contributed by atoms with E-state index in [1.165, 1.54) is 22.3 Å². The Morgan fingerprint density at radius 1 is 0.800 bits per heavy atom. The molecular weight excluding hydrogens is 306 g/mol. The summed E-state index contributed by atoms with van der Waals surface area (Å²) in [6.07, 6.45) is 2.13. The van der Waals surface area contributed by atoms with E-state index in [2.05, 4.69) is 66.0 Å². The van der Waals surface area contributed by atoms with Crippen LogP contribution in [0.2, 0.25) is 0 Å². The van der Waals surface area contributed by atoms with Gasteiger partial charge in [0.25, 0.3) is 0 Å². The maximum atomic E-state index is 5.88. The first-order chi connectivity index (χ1) is 12.4. The van der Waals surface area contributed by atoms with Crippen LogP contribution in [0.3, 0.4) is 0 Å². The molecule has 0 saturated heterocycles. The van der Waals surface area contributed by atoms with Gasteiger partial charge in [-0.05, 0) is 53.8 Å². The molecular formula is C23H23NO. The van der Waals surface area contributed by atoms with Crippen molar-refractivity contribution in [2.75, 3.05) is 6.54 Å². The molecule has 1 aliphatic rings. The molecule has 1 atom stereocenters. The lowest BCUT2D eigenvalue weighted by Gasteiger charge is -2.27. The van der Waals surface area contributed by atoms with Crippen molar-refractivity contribution in [1.29, 1.82) is 0 Å². The molecule has 4 rings (SSSR count). The lowest BCUT2D eigenvalue weighted by atomic mass is 9.90. The van der Waals surface area contributed by atoms with Gasteiger partial charge in [0.05, 0.1) is 0 Å². The van der Waals surface area contributed by atoms with E-state index in [1.54, 1.807) is 0 Å². The van der Waals surface area contributed by atoms with Gasteiger partial charge < -0.3 is 10.1 Å². The molecule has 0 saturated carbocycles. The molecule has 126 valence electrons. The molecule has 3 aromatic carbocycles. The topological polar surface area (TPSA) is 21.3 Å². The van der Waals surface area contributed by atoms with Crippen molar-refractivity contribution in [2.24, 2.45) is 0 Å². The van der Waals surface area contributed by atoms with Crippen LogP contribution in [0.25, 0.3) is 0 Å². The zero-order chi connectivity index (χ0) is 16.9. The highest BCUT2D eigenvalue weighted by atomic mass is 16.5. The Bertz CT molecular complexity index is 811. The molecule has 1 N–H and O–H groups in total. The molecule has 0 amide bonds. The van der Waals surface area contributed by atoms with Crippen LogP contribution < -0.4 is 10.1 Å². The van der Waals surface area contributed by atoms with E-state index in [0.717, 1.165) is 25.1 Å². The van der Waals surface area contributed by atoms with Gasteiger partial charge in [0.15, 0.2) is 0 Å². The normalized spacial score (nSPS) is 16.2. The first-order valence-corrected chi connectivity index (χ1v) is 8.95. The number of fused-ring (bicyclic) bond motifs is 1. The van der Waals surface area contributed by atoms with Gasteiger partial charge in [-0.25, -0.2) is 0 Å². The average molecular weight is 329 g/mol. The van der Waals surface area contributed by atoms with Crippen LogP contribution in [0.15, 0.2) is 78.9 Å². The summed E-state index contributed by atoms with van der Waals surface area (Å²) in [5.74, 6) is 0.921. The lowest BCUT2D eigenvalue weighted by Crippen LogP contribution is -2.31. The Morgan fingerprint density at radius 3 is 2.40 bits per heavy atom. The maximum absolute atomic E-state index is 5.88. The summed E-state index contributed by atoms with van der Waals surface area (Å²) >= 11 is 0. The predicted molar refractivity (Wildman–Crippen MR) is 102 cm³/mol. The van der Waals surface area contributed by atoms with Crippen LogP contribution in [-0.4, -0.2) is 6.54 Å². The van der Waals surface area contributed by atoms with Gasteiger partial charge in [-0.1, -0.05) is 66.7 Å². The molecule has 0 aromatic heterocycles. The molecule has 0 bridgehead atoms. The third-order valence-electron chi connectivity index (χ3n) is 4.83. The fourth-order valence-corrected chi connectivity index (χ4v) is 3.47. The molecule has 2 nitrogen and oxygen atoms in total. The van der Waals surface area contributed by atoms with Crippen molar-refractivity contribution in [1.82, 2.24) is 5.32 Å². The van der Waals surface area contributed by atoms with Gasteiger partial charge in [0.1, 0.15) is 12.4 Å². The minimum atomic E-state index is 0.404. The van der Waals surface area contributed by atoms with Crippen LogP contribution >= 0.6 is 0 Å². The minimum absolute atomic E-state index is 0.404. The number of rotatable bonds is 5. The Morgan fingerprint density at radius 2 is 1.56 bits per heavy atom. The van der Waals surface area contributed by atoms with Crippen molar-refractivity contribution in [3.63, 3.8) is 0 Å². The monoisotopic (exact) mass is 329 g/mol.